The molecule has 2 aliphatic heterocycles. The highest BCUT2D eigenvalue weighted by atomic mass is 16.7. The molecule has 0 fully saturated rings. The van der Waals surface area contributed by atoms with Crippen molar-refractivity contribution in [2.45, 2.75) is 18.9 Å². The number of carbonyl (C=O) groups is 1. The van der Waals surface area contributed by atoms with Crippen LogP contribution in [0.3, 0.4) is 0 Å². The van der Waals surface area contributed by atoms with Crippen molar-refractivity contribution in [3.8, 4) is 17.2 Å². The van der Waals surface area contributed by atoms with Gasteiger partial charge in [0.2, 0.25) is 18.4 Å². The molecule has 0 bridgehead atoms. The molecular weight excluding hydrogens is 360 g/mol. The van der Waals surface area contributed by atoms with Gasteiger partial charge in [0.15, 0.2) is 11.5 Å². The van der Waals surface area contributed by atoms with Crippen molar-refractivity contribution < 1.29 is 19.0 Å². The Morgan fingerprint density at radius 1 is 1.32 bits per heavy atom. The molecule has 8 heteroatoms. The third-order valence-electron chi connectivity index (χ3n) is 5.03. The zero-order valence-electron chi connectivity index (χ0n) is 15.2. The van der Waals surface area contributed by atoms with Crippen LogP contribution in [0.4, 0.5) is 5.82 Å². The molecule has 0 saturated carbocycles. The van der Waals surface area contributed by atoms with Crippen LogP contribution in [0.25, 0.3) is 0 Å². The fraction of sp³-hybridized carbons (Fsp3) is 0.250. The van der Waals surface area contributed by atoms with Crippen LogP contribution in [-0.2, 0) is 11.3 Å². The Labute approximate surface area is 161 Å². The molecular formula is C20H18N4O4. The lowest BCUT2D eigenvalue weighted by Crippen LogP contribution is -2.25. The van der Waals surface area contributed by atoms with Gasteiger partial charge in [-0.25, -0.2) is 4.68 Å². The second-order valence-corrected chi connectivity index (χ2v) is 6.73. The fourth-order valence-corrected chi connectivity index (χ4v) is 3.70. The maximum Gasteiger partial charge on any atom is 0.231 e. The lowest BCUT2D eigenvalue weighted by atomic mass is 9.87. The minimum absolute atomic E-state index is 0.0536. The summed E-state index contributed by atoms with van der Waals surface area (Å²) in [5, 5.41) is 7.47. The Hall–Kier alpha value is -3.55. The molecule has 142 valence electrons. The molecule has 1 aromatic carbocycles. The van der Waals surface area contributed by atoms with E-state index in [1.165, 1.54) is 0 Å². The molecule has 0 saturated heterocycles. The van der Waals surface area contributed by atoms with Gasteiger partial charge in [-0.05, 0) is 29.3 Å². The van der Waals surface area contributed by atoms with Crippen LogP contribution in [0, 0.1) is 0 Å². The van der Waals surface area contributed by atoms with E-state index in [0.29, 0.717) is 36.0 Å². The highest BCUT2D eigenvalue weighted by Crippen LogP contribution is 2.46. The Balaban J connectivity index is 1.54. The van der Waals surface area contributed by atoms with Crippen molar-refractivity contribution in [3.63, 3.8) is 0 Å². The van der Waals surface area contributed by atoms with Crippen LogP contribution in [0.2, 0.25) is 0 Å². The number of hydrogen-bond acceptors (Lipinski definition) is 6. The minimum Gasteiger partial charge on any atom is -0.493 e. The van der Waals surface area contributed by atoms with E-state index in [4.69, 9.17) is 14.2 Å². The average Bonchev–Trinajstić information content (AvgIpc) is 3.35. The first kappa shape index (κ1) is 16.6. The van der Waals surface area contributed by atoms with Crippen LogP contribution in [0.15, 0.2) is 42.9 Å². The second kappa shape index (κ2) is 6.56. The third kappa shape index (κ3) is 2.74. The predicted molar refractivity (Wildman–Crippen MR) is 99.8 cm³/mol. The molecule has 4 heterocycles. The monoisotopic (exact) mass is 378 g/mol. The molecule has 5 rings (SSSR count). The molecule has 0 radical (unpaired) electrons. The summed E-state index contributed by atoms with van der Waals surface area (Å²) in [5.41, 5.74) is 2.90. The maximum absolute atomic E-state index is 12.4. The molecule has 1 amide bonds. The van der Waals surface area contributed by atoms with Crippen molar-refractivity contribution in [2.75, 3.05) is 19.2 Å². The smallest absolute Gasteiger partial charge is 0.231 e. The number of hydrogen-bond donors (Lipinski definition) is 1. The number of ether oxygens (including phenoxy) is 3. The van der Waals surface area contributed by atoms with E-state index < -0.39 is 0 Å². The normalized spacial score (nSPS) is 17.2. The molecule has 0 spiro atoms. The molecule has 0 unspecified atom stereocenters. The predicted octanol–water partition coefficient (Wildman–Crippen LogP) is 2.54. The first-order valence-electron chi connectivity index (χ1n) is 8.95. The summed E-state index contributed by atoms with van der Waals surface area (Å²) < 4.78 is 18.3. The third-order valence-corrected chi connectivity index (χ3v) is 5.03. The van der Waals surface area contributed by atoms with Gasteiger partial charge in [-0.3, -0.25) is 9.78 Å². The van der Waals surface area contributed by atoms with Crippen LogP contribution in [0.5, 0.6) is 17.2 Å². The van der Waals surface area contributed by atoms with Crippen LogP contribution in [-0.4, -0.2) is 34.6 Å². The Morgan fingerprint density at radius 3 is 3.07 bits per heavy atom. The number of nitrogens with zero attached hydrogens (tertiary/aromatic N) is 3. The number of methoxy groups -OCH3 is 1. The number of pyridine rings is 1. The van der Waals surface area contributed by atoms with Crippen LogP contribution >= 0.6 is 0 Å². The topological polar surface area (TPSA) is 87.5 Å². The van der Waals surface area contributed by atoms with E-state index in [1.807, 2.05) is 30.5 Å². The van der Waals surface area contributed by atoms with Gasteiger partial charge < -0.3 is 19.5 Å². The van der Waals surface area contributed by atoms with E-state index in [1.54, 1.807) is 24.2 Å². The first-order chi connectivity index (χ1) is 13.7. The molecule has 1 atom stereocenters. The van der Waals surface area contributed by atoms with Gasteiger partial charge in [-0.15, -0.1) is 0 Å². The van der Waals surface area contributed by atoms with Gasteiger partial charge in [0, 0.05) is 30.3 Å². The summed E-state index contributed by atoms with van der Waals surface area (Å²) in [6, 6.07) is 7.67. The molecule has 2 aromatic heterocycles. The number of aromatic nitrogens is 3. The largest absolute Gasteiger partial charge is 0.493 e. The molecule has 8 nitrogen and oxygen atoms in total. The number of nitrogens with one attached hydrogen (secondary N) is 1. The van der Waals surface area contributed by atoms with Crippen molar-refractivity contribution >= 4 is 11.7 Å². The van der Waals surface area contributed by atoms with Crippen molar-refractivity contribution in [1.29, 1.82) is 0 Å². The standard InChI is InChI=1S/C20H18N4O4/c1-26-16-5-13(6-17-19(16)28-11-27-17)14-7-18(25)23-20-15(14)9-22-24(20)10-12-3-2-4-21-8-12/h2-6,8-9,14H,7,10-11H2,1H3,(H,23,25)/t14-/m1/s1. The number of amides is 1. The summed E-state index contributed by atoms with van der Waals surface area (Å²) >= 11 is 0. The summed E-state index contributed by atoms with van der Waals surface area (Å²) in [6.07, 6.45) is 5.66. The maximum atomic E-state index is 12.4. The number of anilines is 1. The number of fused-ring (bicyclic) bond motifs is 2. The lowest BCUT2D eigenvalue weighted by Gasteiger charge is -2.24. The molecule has 28 heavy (non-hydrogen) atoms. The highest BCUT2D eigenvalue weighted by molar-refractivity contribution is 5.94. The summed E-state index contributed by atoms with van der Waals surface area (Å²) in [5.74, 6) is 2.34. The van der Waals surface area contributed by atoms with Crippen molar-refractivity contribution in [3.05, 3.63) is 59.5 Å². The van der Waals surface area contributed by atoms with Gasteiger partial charge >= 0.3 is 0 Å². The zero-order chi connectivity index (χ0) is 19.1. The average molecular weight is 378 g/mol. The second-order valence-electron chi connectivity index (χ2n) is 6.73. The number of carbonyl (C=O) groups excluding carboxylic acids is 1. The van der Waals surface area contributed by atoms with Gasteiger partial charge in [0.25, 0.3) is 0 Å². The first-order valence-corrected chi connectivity index (χ1v) is 8.95. The van der Waals surface area contributed by atoms with Crippen LogP contribution < -0.4 is 19.5 Å². The number of benzene rings is 1. The number of rotatable bonds is 4. The summed E-state index contributed by atoms with van der Waals surface area (Å²) in [7, 11) is 1.59. The van der Waals surface area contributed by atoms with E-state index >= 15 is 0 Å². The Morgan fingerprint density at radius 2 is 2.25 bits per heavy atom. The van der Waals surface area contributed by atoms with Crippen molar-refractivity contribution in [2.24, 2.45) is 0 Å². The van der Waals surface area contributed by atoms with E-state index in [9.17, 15) is 4.79 Å². The van der Waals surface area contributed by atoms with Gasteiger partial charge in [0.05, 0.1) is 19.9 Å². The Bertz CT molecular complexity index is 1050. The van der Waals surface area contributed by atoms with Crippen LogP contribution in [0.1, 0.15) is 29.0 Å². The van der Waals surface area contributed by atoms with Gasteiger partial charge in [-0.2, -0.15) is 5.10 Å². The lowest BCUT2D eigenvalue weighted by molar-refractivity contribution is -0.116. The summed E-state index contributed by atoms with van der Waals surface area (Å²) in [6.45, 7) is 0.690. The highest BCUT2D eigenvalue weighted by Gasteiger charge is 2.32. The minimum atomic E-state index is -0.144. The summed E-state index contributed by atoms with van der Waals surface area (Å²) in [4.78, 5) is 16.6. The quantitative estimate of drug-likeness (QED) is 0.751. The fourth-order valence-electron chi connectivity index (χ4n) is 3.70. The zero-order valence-corrected chi connectivity index (χ0v) is 15.2. The van der Waals surface area contributed by atoms with E-state index in [2.05, 4.69) is 15.4 Å². The van der Waals surface area contributed by atoms with E-state index in [0.717, 1.165) is 16.7 Å². The molecule has 3 aromatic rings. The molecule has 0 aliphatic carbocycles. The van der Waals surface area contributed by atoms with Crippen molar-refractivity contribution in [1.82, 2.24) is 14.8 Å². The van der Waals surface area contributed by atoms with E-state index in [-0.39, 0.29) is 18.6 Å². The molecule has 1 N–H and O–H groups in total. The van der Waals surface area contributed by atoms with Gasteiger partial charge in [0.1, 0.15) is 5.82 Å². The Kier molecular flexibility index (Phi) is 3.89. The SMILES string of the molecule is COc1cc([C@H]2CC(=O)Nc3c2cnn3Cc2cccnc2)cc2c1OCO2. The van der Waals surface area contributed by atoms with Gasteiger partial charge in [-0.1, -0.05) is 6.07 Å². The molecule has 2 aliphatic rings.